The smallest absolute Gasteiger partial charge is 0.392 e. The van der Waals surface area contributed by atoms with Crippen LogP contribution in [0.5, 0.6) is 0 Å². The normalized spacial score (nSPS) is 12.8. The lowest BCUT2D eigenvalue weighted by Gasteiger charge is -2.22. The Morgan fingerprint density at radius 2 is 1.96 bits per heavy atom. The molecule has 0 amide bonds. The average molecular weight is 409 g/mol. The van der Waals surface area contributed by atoms with Crippen LogP contribution in [0.3, 0.4) is 0 Å². The number of nitrogens with two attached hydrogens (primary N) is 1. The van der Waals surface area contributed by atoms with Crippen LogP contribution < -0.4 is 5.73 Å². The van der Waals surface area contributed by atoms with Crippen molar-refractivity contribution in [1.29, 1.82) is 0 Å². The molecular weight excluding hydrogens is 396 g/mol. The fraction of sp³-hybridized carbons (Fsp3) is 0.417. The largest absolute Gasteiger partial charge is 0.416 e. The molecule has 0 spiro atoms. The quantitative estimate of drug-likeness (QED) is 0.556. The molecule has 23 heavy (non-hydrogen) atoms. The first-order valence-electron chi connectivity index (χ1n) is 6.12. The Morgan fingerprint density at radius 1 is 1.35 bits per heavy atom. The zero-order chi connectivity index (χ0) is 17.8. The Morgan fingerprint density at radius 3 is 2.43 bits per heavy atom. The molecule has 1 aromatic rings. The molecule has 0 atom stereocenters. The molecule has 0 aliphatic rings. The number of benzene rings is 1. The van der Waals surface area contributed by atoms with Crippen molar-refractivity contribution in [3.8, 4) is 0 Å². The molecule has 0 heterocycles. The highest BCUT2D eigenvalue weighted by Gasteiger charge is 2.31. The zero-order valence-electron chi connectivity index (χ0n) is 11.6. The van der Waals surface area contributed by atoms with E-state index in [2.05, 4.69) is 12.2 Å². The number of hydrogen-bond acceptors (Lipinski definition) is 3. The van der Waals surface area contributed by atoms with Gasteiger partial charge in [0.05, 0.1) is 22.8 Å². The van der Waals surface area contributed by atoms with Crippen molar-refractivity contribution >= 4 is 50.4 Å². The summed E-state index contributed by atoms with van der Waals surface area (Å²) in [6, 6.07) is 4.05. The summed E-state index contributed by atoms with van der Waals surface area (Å²) >= 11 is 15.8. The van der Waals surface area contributed by atoms with E-state index in [1.165, 1.54) is 6.07 Å². The molecule has 11 heteroatoms. The van der Waals surface area contributed by atoms with Crippen molar-refractivity contribution in [1.82, 2.24) is 4.31 Å². The molecule has 0 saturated heterocycles. The highest BCUT2D eigenvalue weighted by Crippen LogP contribution is 2.30. The predicted octanol–water partition coefficient (Wildman–Crippen LogP) is 2.93. The van der Waals surface area contributed by atoms with Gasteiger partial charge in [0.15, 0.2) is 0 Å². The highest BCUT2D eigenvalue weighted by atomic mass is 35.5. The fourth-order valence-electron chi connectivity index (χ4n) is 1.74. The van der Waals surface area contributed by atoms with E-state index in [0.29, 0.717) is 0 Å². The third kappa shape index (κ3) is 6.80. The molecule has 1 aromatic carbocycles. The van der Waals surface area contributed by atoms with Gasteiger partial charge in [0.1, 0.15) is 4.84 Å². The van der Waals surface area contributed by atoms with Crippen LogP contribution in [0.4, 0.5) is 13.2 Å². The molecule has 0 unspecified atom stereocenters. The summed E-state index contributed by atoms with van der Waals surface area (Å²) in [5, 5.41) is 0. The van der Waals surface area contributed by atoms with Crippen molar-refractivity contribution in [2.75, 3.05) is 13.1 Å². The standard InChI is InChI=1S/C12H13Cl2F3N2O2S2/c13-10(14)5-19(6-11(18)22)23(20,21)7-8-2-1-3-9(4-8)12(15,16)17/h1-4,10H,5-7H2,(H2,18,22). The van der Waals surface area contributed by atoms with Crippen LogP contribution in [0.25, 0.3) is 0 Å². The predicted molar refractivity (Wildman–Crippen MR) is 87.9 cm³/mol. The number of alkyl halides is 5. The van der Waals surface area contributed by atoms with E-state index >= 15 is 0 Å². The van der Waals surface area contributed by atoms with E-state index in [0.717, 1.165) is 22.5 Å². The van der Waals surface area contributed by atoms with Gasteiger partial charge in [0.2, 0.25) is 10.0 Å². The van der Waals surface area contributed by atoms with Gasteiger partial charge in [-0.15, -0.1) is 23.2 Å². The SMILES string of the molecule is NC(=S)CN(CC(Cl)Cl)S(=O)(=O)Cc1cccc(C(F)(F)F)c1. The molecule has 4 nitrogen and oxygen atoms in total. The number of hydrogen-bond donors (Lipinski definition) is 1. The molecular formula is C12H13Cl2F3N2O2S2. The lowest BCUT2D eigenvalue weighted by atomic mass is 10.1. The molecule has 1 rings (SSSR count). The van der Waals surface area contributed by atoms with E-state index < -0.39 is 32.4 Å². The maximum atomic E-state index is 12.7. The van der Waals surface area contributed by atoms with E-state index in [1.54, 1.807) is 0 Å². The summed E-state index contributed by atoms with van der Waals surface area (Å²) in [5.41, 5.74) is 4.38. The first-order valence-corrected chi connectivity index (χ1v) is 9.01. The first-order chi connectivity index (χ1) is 10.4. The fourth-order valence-corrected chi connectivity index (χ4v) is 3.97. The number of halogens is 5. The van der Waals surface area contributed by atoms with Gasteiger partial charge in [-0.05, 0) is 11.6 Å². The molecule has 0 aliphatic carbocycles. The monoisotopic (exact) mass is 408 g/mol. The Balaban J connectivity index is 3.05. The molecule has 0 bridgehead atoms. The minimum atomic E-state index is -4.56. The van der Waals surface area contributed by atoms with Crippen LogP contribution in [0.2, 0.25) is 0 Å². The Labute approximate surface area is 147 Å². The molecule has 0 saturated carbocycles. The first kappa shape index (κ1) is 20.4. The van der Waals surface area contributed by atoms with Crippen molar-refractivity contribution in [2.24, 2.45) is 5.73 Å². The van der Waals surface area contributed by atoms with E-state index in [1.807, 2.05) is 0 Å². The summed E-state index contributed by atoms with van der Waals surface area (Å²) in [6.07, 6.45) is -4.56. The van der Waals surface area contributed by atoms with Gasteiger partial charge in [0.25, 0.3) is 0 Å². The van der Waals surface area contributed by atoms with Gasteiger partial charge in [-0.2, -0.15) is 17.5 Å². The summed E-state index contributed by atoms with van der Waals surface area (Å²) in [4.78, 5) is -1.13. The second-order valence-corrected chi connectivity index (χ2v) is 8.37. The third-order valence-corrected chi connectivity index (χ3v) is 4.84. The van der Waals surface area contributed by atoms with Crippen LogP contribution in [0, 0.1) is 0 Å². The second-order valence-electron chi connectivity index (χ2n) is 4.60. The van der Waals surface area contributed by atoms with Crippen LogP contribution in [-0.2, 0) is 22.0 Å². The number of nitrogens with zero attached hydrogens (tertiary/aromatic N) is 1. The van der Waals surface area contributed by atoms with E-state index in [4.69, 9.17) is 28.9 Å². The van der Waals surface area contributed by atoms with E-state index in [-0.39, 0.29) is 23.6 Å². The van der Waals surface area contributed by atoms with Gasteiger partial charge < -0.3 is 5.73 Å². The maximum absolute atomic E-state index is 12.7. The summed E-state index contributed by atoms with van der Waals surface area (Å²) in [5.74, 6) is -0.653. The molecule has 0 fully saturated rings. The number of rotatable bonds is 7. The second kappa shape index (κ2) is 7.98. The van der Waals surface area contributed by atoms with Crippen molar-refractivity contribution < 1.29 is 21.6 Å². The maximum Gasteiger partial charge on any atom is 0.416 e. The van der Waals surface area contributed by atoms with Crippen LogP contribution >= 0.6 is 35.4 Å². The summed E-state index contributed by atoms with van der Waals surface area (Å²) in [7, 11) is -4.00. The zero-order valence-corrected chi connectivity index (χ0v) is 14.7. The summed E-state index contributed by atoms with van der Waals surface area (Å²) < 4.78 is 63.6. The van der Waals surface area contributed by atoms with Crippen LogP contribution in [0.15, 0.2) is 24.3 Å². The van der Waals surface area contributed by atoms with Gasteiger partial charge >= 0.3 is 6.18 Å². The van der Waals surface area contributed by atoms with E-state index in [9.17, 15) is 21.6 Å². The Bertz CT molecular complexity index is 667. The molecule has 130 valence electrons. The van der Waals surface area contributed by atoms with Crippen LogP contribution in [0.1, 0.15) is 11.1 Å². The minimum absolute atomic E-state index is 0.0199. The van der Waals surface area contributed by atoms with Crippen molar-refractivity contribution in [2.45, 2.75) is 16.8 Å². The molecule has 0 radical (unpaired) electrons. The van der Waals surface area contributed by atoms with Crippen molar-refractivity contribution in [3.63, 3.8) is 0 Å². The third-order valence-electron chi connectivity index (χ3n) is 2.67. The van der Waals surface area contributed by atoms with Crippen LogP contribution in [-0.4, -0.2) is 35.6 Å². The highest BCUT2D eigenvalue weighted by molar-refractivity contribution is 7.88. The topological polar surface area (TPSA) is 63.4 Å². The molecule has 0 aromatic heterocycles. The summed E-state index contributed by atoms with van der Waals surface area (Å²) in [6.45, 7) is -0.575. The average Bonchev–Trinajstić information content (AvgIpc) is 2.35. The number of sulfonamides is 1. The van der Waals surface area contributed by atoms with Crippen molar-refractivity contribution in [3.05, 3.63) is 35.4 Å². The van der Waals surface area contributed by atoms with Gasteiger partial charge in [-0.3, -0.25) is 0 Å². The van der Waals surface area contributed by atoms with Gasteiger partial charge in [0, 0.05) is 6.54 Å². The number of thiocarbonyl (C=S) groups is 1. The Kier molecular flexibility index (Phi) is 7.09. The lowest BCUT2D eigenvalue weighted by Crippen LogP contribution is -2.40. The minimum Gasteiger partial charge on any atom is -0.392 e. The molecule has 2 N–H and O–H groups in total. The van der Waals surface area contributed by atoms with Gasteiger partial charge in [-0.25, -0.2) is 8.42 Å². The van der Waals surface area contributed by atoms with Gasteiger partial charge in [-0.1, -0.05) is 30.4 Å². The molecule has 0 aliphatic heterocycles. The lowest BCUT2D eigenvalue weighted by molar-refractivity contribution is -0.137. The Hall–Kier alpha value is -0.610.